The molecular formula is C12H20O. The topological polar surface area (TPSA) is 9.23 Å². The Hall–Kier alpha value is -0.720. The van der Waals surface area contributed by atoms with Gasteiger partial charge in [0.15, 0.2) is 0 Å². The van der Waals surface area contributed by atoms with Gasteiger partial charge in [-0.25, -0.2) is 0 Å². The van der Waals surface area contributed by atoms with Crippen LogP contribution in [-0.4, -0.2) is 6.61 Å². The Labute approximate surface area is 81.5 Å². The number of hydrogen-bond acceptors (Lipinski definition) is 1. The van der Waals surface area contributed by atoms with E-state index in [1.54, 1.807) is 0 Å². The molecule has 0 aromatic heterocycles. The van der Waals surface area contributed by atoms with Gasteiger partial charge in [0.1, 0.15) is 5.76 Å². The summed E-state index contributed by atoms with van der Waals surface area (Å²) < 4.78 is 5.56. The Morgan fingerprint density at radius 2 is 2.38 bits per heavy atom. The highest BCUT2D eigenvalue weighted by molar-refractivity contribution is 5.24. The molecule has 0 saturated heterocycles. The predicted molar refractivity (Wildman–Crippen MR) is 56.6 cm³/mol. The Balaban J connectivity index is 2.25. The van der Waals surface area contributed by atoms with E-state index < -0.39 is 0 Å². The van der Waals surface area contributed by atoms with Gasteiger partial charge in [-0.2, -0.15) is 0 Å². The van der Waals surface area contributed by atoms with Crippen molar-refractivity contribution in [3.63, 3.8) is 0 Å². The van der Waals surface area contributed by atoms with E-state index in [2.05, 4.69) is 19.6 Å². The third-order valence-electron chi connectivity index (χ3n) is 2.42. The van der Waals surface area contributed by atoms with Crippen LogP contribution >= 0.6 is 0 Å². The molecule has 0 saturated carbocycles. The van der Waals surface area contributed by atoms with Crippen molar-refractivity contribution in [3.8, 4) is 0 Å². The van der Waals surface area contributed by atoms with E-state index in [1.807, 2.05) is 0 Å². The number of allylic oxidation sites excluding steroid dienone is 2. The maximum Gasteiger partial charge on any atom is 0.114 e. The summed E-state index contributed by atoms with van der Waals surface area (Å²) in [4.78, 5) is 0. The molecule has 1 nitrogen and oxygen atoms in total. The van der Waals surface area contributed by atoms with Crippen LogP contribution in [0.25, 0.3) is 0 Å². The minimum Gasteiger partial charge on any atom is -0.494 e. The molecule has 0 spiro atoms. The van der Waals surface area contributed by atoms with Crippen LogP contribution < -0.4 is 0 Å². The third-order valence-corrected chi connectivity index (χ3v) is 2.42. The summed E-state index contributed by atoms with van der Waals surface area (Å²) in [5.74, 6) is 0.910. The molecule has 1 rings (SSSR count). The van der Waals surface area contributed by atoms with Gasteiger partial charge in [-0.1, -0.05) is 26.0 Å². The molecule has 0 amide bonds. The molecule has 0 N–H and O–H groups in total. The van der Waals surface area contributed by atoms with Crippen molar-refractivity contribution in [3.05, 3.63) is 24.0 Å². The summed E-state index contributed by atoms with van der Waals surface area (Å²) in [6, 6.07) is 0. The lowest BCUT2D eigenvalue weighted by atomic mass is 9.99. The first-order chi connectivity index (χ1) is 6.34. The van der Waals surface area contributed by atoms with Crippen LogP contribution in [0.15, 0.2) is 24.0 Å². The molecule has 0 aromatic carbocycles. The summed E-state index contributed by atoms with van der Waals surface area (Å²) in [6.45, 7) is 6.96. The minimum atomic E-state index is 0.826. The van der Waals surface area contributed by atoms with Gasteiger partial charge in [0, 0.05) is 0 Å². The molecule has 0 fully saturated rings. The molecule has 1 aliphatic rings. The highest BCUT2D eigenvalue weighted by Crippen LogP contribution is 2.23. The van der Waals surface area contributed by atoms with Crippen molar-refractivity contribution < 1.29 is 4.74 Å². The molecule has 0 atom stereocenters. The van der Waals surface area contributed by atoms with Crippen molar-refractivity contribution in [1.82, 2.24) is 0 Å². The van der Waals surface area contributed by atoms with E-state index in [-0.39, 0.29) is 0 Å². The highest BCUT2D eigenvalue weighted by Gasteiger charge is 2.07. The lowest BCUT2D eigenvalue weighted by molar-refractivity contribution is 0.214. The minimum absolute atomic E-state index is 0.826. The molecule has 13 heavy (non-hydrogen) atoms. The van der Waals surface area contributed by atoms with Gasteiger partial charge in [0.05, 0.1) is 6.61 Å². The number of hydrogen-bond donors (Lipinski definition) is 0. The van der Waals surface area contributed by atoms with Crippen LogP contribution in [0.4, 0.5) is 0 Å². The Bertz CT molecular complexity index is 191. The number of unbranched alkanes of at least 4 members (excludes halogenated alkanes) is 1. The Morgan fingerprint density at radius 1 is 1.54 bits per heavy atom. The van der Waals surface area contributed by atoms with E-state index >= 15 is 0 Å². The monoisotopic (exact) mass is 180 g/mol. The first-order valence-corrected chi connectivity index (χ1v) is 5.35. The first kappa shape index (κ1) is 10.4. The van der Waals surface area contributed by atoms with Crippen LogP contribution in [0.2, 0.25) is 0 Å². The molecule has 1 heteroatoms. The molecule has 0 aliphatic heterocycles. The zero-order chi connectivity index (χ0) is 9.52. The average Bonchev–Trinajstić information content (AvgIpc) is 2.19. The van der Waals surface area contributed by atoms with Gasteiger partial charge in [0.25, 0.3) is 0 Å². The van der Waals surface area contributed by atoms with Crippen molar-refractivity contribution in [2.45, 2.75) is 45.4 Å². The lowest BCUT2D eigenvalue weighted by Gasteiger charge is -2.15. The Morgan fingerprint density at radius 3 is 3.00 bits per heavy atom. The molecule has 74 valence electrons. The normalized spacial score (nSPS) is 16.5. The van der Waals surface area contributed by atoms with E-state index in [0.29, 0.717) is 0 Å². The third kappa shape index (κ3) is 3.67. The van der Waals surface area contributed by atoms with E-state index in [1.165, 1.54) is 31.3 Å². The SMILES string of the molecule is C=C(OCCCC)C1=CCCCC1. The van der Waals surface area contributed by atoms with Crippen LogP contribution in [-0.2, 0) is 4.74 Å². The van der Waals surface area contributed by atoms with Crippen molar-refractivity contribution in [2.24, 2.45) is 0 Å². The lowest BCUT2D eigenvalue weighted by Crippen LogP contribution is -2.00. The standard InChI is InChI=1S/C12H20O/c1-3-4-10-13-11(2)12-8-6-5-7-9-12/h8H,2-7,9-10H2,1H3. The summed E-state index contributed by atoms with van der Waals surface area (Å²) in [7, 11) is 0. The zero-order valence-electron chi connectivity index (χ0n) is 8.64. The fraction of sp³-hybridized carbons (Fsp3) is 0.667. The fourth-order valence-corrected chi connectivity index (χ4v) is 1.52. The number of ether oxygens (including phenoxy) is 1. The van der Waals surface area contributed by atoms with Crippen LogP contribution in [0.5, 0.6) is 0 Å². The van der Waals surface area contributed by atoms with E-state index in [9.17, 15) is 0 Å². The van der Waals surface area contributed by atoms with E-state index in [4.69, 9.17) is 4.74 Å². The van der Waals surface area contributed by atoms with Crippen molar-refractivity contribution in [1.29, 1.82) is 0 Å². The molecule has 1 aliphatic carbocycles. The maximum atomic E-state index is 5.56. The summed E-state index contributed by atoms with van der Waals surface area (Å²) >= 11 is 0. The summed E-state index contributed by atoms with van der Waals surface area (Å²) in [5, 5.41) is 0. The van der Waals surface area contributed by atoms with Gasteiger partial charge in [0.2, 0.25) is 0 Å². The van der Waals surface area contributed by atoms with Gasteiger partial charge >= 0.3 is 0 Å². The van der Waals surface area contributed by atoms with Crippen LogP contribution in [0.3, 0.4) is 0 Å². The second kappa shape index (κ2) is 5.85. The second-order valence-corrected chi connectivity index (χ2v) is 3.60. The molecular weight excluding hydrogens is 160 g/mol. The largest absolute Gasteiger partial charge is 0.494 e. The van der Waals surface area contributed by atoms with E-state index in [0.717, 1.165) is 25.2 Å². The quantitative estimate of drug-likeness (QED) is 0.461. The molecule has 0 aromatic rings. The van der Waals surface area contributed by atoms with Gasteiger partial charge in [-0.3, -0.25) is 0 Å². The maximum absolute atomic E-state index is 5.56. The predicted octanol–water partition coefficient (Wildman–Crippen LogP) is 3.82. The molecule has 0 heterocycles. The van der Waals surface area contributed by atoms with Gasteiger partial charge in [-0.15, -0.1) is 0 Å². The molecule has 0 radical (unpaired) electrons. The molecule has 0 unspecified atom stereocenters. The fourth-order valence-electron chi connectivity index (χ4n) is 1.52. The molecule has 0 bridgehead atoms. The van der Waals surface area contributed by atoms with Crippen LogP contribution in [0, 0.1) is 0 Å². The van der Waals surface area contributed by atoms with Crippen molar-refractivity contribution in [2.75, 3.05) is 6.61 Å². The smallest absolute Gasteiger partial charge is 0.114 e. The van der Waals surface area contributed by atoms with Crippen molar-refractivity contribution >= 4 is 0 Å². The zero-order valence-corrected chi connectivity index (χ0v) is 8.64. The first-order valence-electron chi connectivity index (χ1n) is 5.35. The second-order valence-electron chi connectivity index (χ2n) is 3.60. The Kier molecular flexibility index (Phi) is 4.66. The highest BCUT2D eigenvalue weighted by atomic mass is 16.5. The average molecular weight is 180 g/mol. The number of rotatable bonds is 5. The van der Waals surface area contributed by atoms with Gasteiger partial charge in [-0.05, 0) is 37.7 Å². The summed E-state index contributed by atoms with van der Waals surface area (Å²) in [6.07, 6.45) is 9.57. The summed E-state index contributed by atoms with van der Waals surface area (Å²) in [5.41, 5.74) is 1.34. The van der Waals surface area contributed by atoms with Gasteiger partial charge < -0.3 is 4.74 Å². The van der Waals surface area contributed by atoms with Crippen LogP contribution in [0.1, 0.15) is 45.4 Å².